The van der Waals surface area contributed by atoms with Gasteiger partial charge in [0.15, 0.2) is 0 Å². The van der Waals surface area contributed by atoms with Crippen molar-refractivity contribution in [2.45, 2.75) is 19.9 Å². The third-order valence-electron chi connectivity index (χ3n) is 3.52. The van der Waals surface area contributed by atoms with E-state index in [0.29, 0.717) is 0 Å². The van der Waals surface area contributed by atoms with Gasteiger partial charge in [-0.3, -0.25) is 4.79 Å². The van der Waals surface area contributed by atoms with Crippen molar-refractivity contribution in [3.8, 4) is 0 Å². The maximum absolute atomic E-state index is 12.4. The number of anilines is 1. The first kappa shape index (κ1) is 17.3. The molecule has 1 amide bonds. The second kappa shape index (κ2) is 7.50. The number of hydrogen-bond acceptors (Lipinski definition) is 5. The molecule has 0 radical (unpaired) electrons. The largest absolute Gasteiger partial charge is 0.490 e. The van der Waals surface area contributed by atoms with E-state index in [1.165, 1.54) is 12.0 Å². The van der Waals surface area contributed by atoms with E-state index >= 15 is 0 Å². The number of halogens is 1. The highest BCUT2D eigenvalue weighted by Gasteiger charge is 2.34. The summed E-state index contributed by atoms with van der Waals surface area (Å²) < 4.78 is 11.1. The Morgan fingerprint density at radius 1 is 1.35 bits per heavy atom. The van der Waals surface area contributed by atoms with Gasteiger partial charge in [-0.1, -0.05) is 15.9 Å². The lowest BCUT2D eigenvalue weighted by Crippen LogP contribution is -2.52. The molecule has 0 spiro atoms. The lowest BCUT2D eigenvalue weighted by Gasteiger charge is -2.37. The summed E-state index contributed by atoms with van der Waals surface area (Å²) in [6.07, 6.45) is 1.64. The smallest absolute Gasteiger partial charge is 0.328 e. The molecule has 0 aromatic heterocycles. The van der Waals surface area contributed by atoms with Crippen molar-refractivity contribution < 1.29 is 19.1 Å². The second-order valence-corrected chi connectivity index (χ2v) is 5.90. The number of carbonyl (C=O) groups is 2. The van der Waals surface area contributed by atoms with Gasteiger partial charge in [0.05, 0.1) is 26.6 Å². The Balaban J connectivity index is 2.29. The number of amides is 1. The Morgan fingerprint density at radius 3 is 2.57 bits per heavy atom. The summed E-state index contributed by atoms with van der Waals surface area (Å²) in [4.78, 5) is 27.7. The maximum Gasteiger partial charge on any atom is 0.328 e. The van der Waals surface area contributed by atoms with Gasteiger partial charge in [-0.2, -0.15) is 0 Å². The van der Waals surface area contributed by atoms with E-state index in [9.17, 15) is 9.59 Å². The second-order valence-electron chi connectivity index (χ2n) is 4.99. The van der Waals surface area contributed by atoms with Crippen molar-refractivity contribution in [2.24, 2.45) is 0 Å². The topological polar surface area (TPSA) is 59.1 Å². The maximum atomic E-state index is 12.4. The molecular formula is C16H19BrN2O4. The SMILES string of the molecule is CCOC(=O)C(C)N1CN(c2ccc(Br)cc2)C=C(OC)C1=O. The molecular weight excluding hydrogens is 364 g/mol. The highest BCUT2D eigenvalue weighted by atomic mass is 79.9. The number of hydrogen-bond donors (Lipinski definition) is 0. The average Bonchev–Trinajstić information content (AvgIpc) is 2.55. The molecule has 1 aromatic carbocycles. The van der Waals surface area contributed by atoms with Gasteiger partial charge >= 0.3 is 5.97 Å². The molecule has 1 atom stereocenters. The highest BCUT2D eigenvalue weighted by Crippen LogP contribution is 2.24. The summed E-state index contributed by atoms with van der Waals surface area (Å²) in [5.41, 5.74) is 0.885. The Morgan fingerprint density at radius 2 is 2.00 bits per heavy atom. The number of esters is 1. The molecule has 0 aliphatic carbocycles. The van der Waals surface area contributed by atoms with Crippen molar-refractivity contribution in [1.29, 1.82) is 0 Å². The monoisotopic (exact) mass is 382 g/mol. The lowest BCUT2D eigenvalue weighted by molar-refractivity contribution is -0.154. The number of ether oxygens (including phenoxy) is 2. The molecule has 1 unspecified atom stereocenters. The number of nitrogens with zero attached hydrogens (tertiary/aromatic N) is 2. The number of carbonyl (C=O) groups excluding carboxylic acids is 2. The summed E-state index contributed by atoms with van der Waals surface area (Å²) in [7, 11) is 1.43. The lowest BCUT2D eigenvalue weighted by atomic mass is 10.2. The van der Waals surface area contributed by atoms with E-state index in [1.807, 2.05) is 29.2 Å². The van der Waals surface area contributed by atoms with Gasteiger partial charge in [-0.05, 0) is 38.1 Å². The summed E-state index contributed by atoms with van der Waals surface area (Å²) in [5.74, 6) is -0.592. The zero-order chi connectivity index (χ0) is 17.0. The quantitative estimate of drug-likeness (QED) is 0.732. The van der Waals surface area contributed by atoms with Gasteiger partial charge in [0.2, 0.25) is 5.76 Å². The standard InChI is InChI=1S/C16H19BrN2O4/c1-4-23-16(21)11(2)19-10-18(9-14(22-3)15(19)20)13-7-5-12(17)6-8-13/h5-9,11H,4,10H2,1-3H3. The summed E-state index contributed by atoms with van der Waals surface area (Å²) in [6.45, 7) is 3.90. The predicted octanol–water partition coefficient (Wildman–Crippen LogP) is 2.49. The van der Waals surface area contributed by atoms with Gasteiger partial charge in [-0.15, -0.1) is 0 Å². The first-order valence-electron chi connectivity index (χ1n) is 7.23. The Kier molecular flexibility index (Phi) is 5.65. The molecule has 0 bridgehead atoms. The average molecular weight is 383 g/mol. The van der Waals surface area contributed by atoms with E-state index < -0.39 is 12.0 Å². The minimum absolute atomic E-state index is 0.176. The van der Waals surface area contributed by atoms with Crippen LogP contribution in [0.5, 0.6) is 0 Å². The minimum Gasteiger partial charge on any atom is -0.490 e. The van der Waals surface area contributed by atoms with Crippen LogP contribution in [0, 0.1) is 0 Å². The molecule has 1 heterocycles. The fourth-order valence-corrected chi connectivity index (χ4v) is 2.49. The number of methoxy groups -OCH3 is 1. The molecule has 1 aliphatic heterocycles. The van der Waals surface area contributed by atoms with Gasteiger partial charge in [0.1, 0.15) is 6.04 Å². The van der Waals surface area contributed by atoms with Crippen LogP contribution in [0.25, 0.3) is 0 Å². The Bertz CT molecular complexity index is 615. The molecule has 1 aromatic rings. The fraction of sp³-hybridized carbons (Fsp3) is 0.375. The van der Waals surface area contributed by atoms with Gasteiger partial charge in [0, 0.05) is 10.2 Å². The van der Waals surface area contributed by atoms with Crippen LogP contribution in [-0.4, -0.2) is 43.2 Å². The van der Waals surface area contributed by atoms with Crippen LogP contribution in [0.1, 0.15) is 13.8 Å². The van der Waals surface area contributed by atoms with Crippen LogP contribution in [0.2, 0.25) is 0 Å². The molecule has 0 N–H and O–H groups in total. The van der Waals surface area contributed by atoms with Crippen molar-refractivity contribution in [2.75, 3.05) is 25.3 Å². The van der Waals surface area contributed by atoms with Crippen molar-refractivity contribution >= 4 is 33.5 Å². The normalized spacial score (nSPS) is 16.0. The van der Waals surface area contributed by atoms with E-state index in [4.69, 9.17) is 9.47 Å². The zero-order valence-electron chi connectivity index (χ0n) is 13.3. The third-order valence-corrected chi connectivity index (χ3v) is 4.05. The number of benzene rings is 1. The molecule has 0 fully saturated rings. The molecule has 124 valence electrons. The van der Waals surface area contributed by atoms with Crippen LogP contribution in [-0.2, 0) is 19.1 Å². The van der Waals surface area contributed by atoms with E-state index in [-0.39, 0.29) is 24.9 Å². The van der Waals surface area contributed by atoms with E-state index in [0.717, 1.165) is 10.2 Å². The van der Waals surface area contributed by atoms with E-state index in [2.05, 4.69) is 15.9 Å². The molecule has 1 aliphatic rings. The third kappa shape index (κ3) is 3.85. The van der Waals surface area contributed by atoms with Crippen LogP contribution >= 0.6 is 15.9 Å². The van der Waals surface area contributed by atoms with Gasteiger partial charge in [0.25, 0.3) is 5.91 Å². The molecule has 0 saturated heterocycles. The van der Waals surface area contributed by atoms with Gasteiger partial charge < -0.3 is 19.3 Å². The predicted molar refractivity (Wildman–Crippen MR) is 89.5 cm³/mol. The fourth-order valence-electron chi connectivity index (χ4n) is 2.22. The van der Waals surface area contributed by atoms with Crippen molar-refractivity contribution in [3.05, 3.63) is 40.7 Å². The van der Waals surface area contributed by atoms with Crippen LogP contribution in [0.3, 0.4) is 0 Å². The highest BCUT2D eigenvalue weighted by molar-refractivity contribution is 9.10. The summed E-state index contributed by atoms with van der Waals surface area (Å²) >= 11 is 3.39. The molecule has 7 heteroatoms. The van der Waals surface area contributed by atoms with Crippen molar-refractivity contribution in [3.63, 3.8) is 0 Å². The first-order valence-corrected chi connectivity index (χ1v) is 8.02. The summed E-state index contributed by atoms with van der Waals surface area (Å²) in [6, 6.07) is 6.95. The van der Waals surface area contributed by atoms with Crippen molar-refractivity contribution in [1.82, 2.24) is 4.90 Å². The first-order chi connectivity index (χ1) is 11.0. The van der Waals surface area contributed by atoms with Crippen LogP contribution in [0.4, 0.5) is 5.69 Å². The minimum atomic E-state index is -0.695. The van der Waals surface area contributed by atoms with E-state index in [1.54, 1.807) is 20.0 Å². The Labute approximate surface area is 143 Å². The number of rotatable bonds is 5. The molecule has 6 nitrogen and oxygen atoms in total. The van der Waals surface area contributed by atoms with Gasteiger partial charge in [-0.25, -0.2) is 4.79 Å². The van der Waals surface area contributed by atoms with Crippen LogP contribution in [0.15, 0.2) is 40.7 Å². The zero-order valence-corrected chi connectivity index (χ0v) is 14.9. The molecule has 23 heavy (non-hydrogen) atoms. The summed E-state index contributed by atoms with van der Waals surface area (Å²) in [5, 5.41) is 0. The van der Waals surface area contributed by atoms with Crippen LogP contribution < -0.4 is 4.90 Å². The molecule has 2 rings (SSSR count). The Hall–Kier alpha value is -2.02. The molecule has 0 saturated carbocycles.